The van der Waals surface area contributed by atoms with Crippen LogP contribution in [0, 0.1) is 0 Å². The highest BCUT2D eigenvalue weighted by Gasteiger charge is 2.26. The van der Waals surface area contributed by atoms with Gasteiger partial charge in [-0.15, -0.1) is 0 Å². The summed E-state index contributed by atoms with van der Waals surface area (Å²) < 4.78 is 25.8. The normalized spacial score (nSPS) is 19.2. The van der Waals surface area contributed by atoms with Crippen molar-refractivity contribution in [2.24, 2.45) is 0 Å². The first-order valence-electron chi connectivity index (χ1n) is 7.01. The number of sulfonamides is 1. The molecule has 0 aliphatic carbocycles. The smallest absolute Gasteiger partial charge is 0.215 e. The van der Waals surface area contributed by atoms with Crippen molar-refractivity contribution in [3.63, 3.8) is 0 Å². The van der Waals surface area contributed by atoms with E-state index >= 15 is 0 Å². The Morgan fingerprint density at radius 3 is 2.32 bits per heavy atom. The highest BCUT2D eigenvalue weighted by molar-refractivity contribution is 7.89. The molecule has 1 aliphatic rings. The van der Waals surface area contributed by atoms with E-state index in [4.69, 9.17) is 0 Å². The number of piperazine rings is 1. The van der Waals surface area contributed by atoms with Crippen molar-refractivity contribution < 1.29 is 8.42 Å². The fourth-order valence-corrected chi connectivity index (χ4v) is 3.46. The second kappa shape index (κ2) is 8.16. The molecule has 0 unspecified atom stereocenters. The fourth-order valence-electron chi connectivity index (χ4n) is 2.08. The van der Waals surface area contributed by atoms with Gasteiger partial charge in [0.2, 0.25) is 10.0 Å². The number of rotatable bonds is 8. The largest absolute Gasteiger partial charge is 0.316 e. The van der Waals surface area contributed by atoms with E-state index < -0.39 is 10.0 Å². The molecule has 6 nitrogen and oxygen atoms in total. The predicted molar refractivity (Wildman–Crippen MR) is 78.9 cm³/mol. The first-order valence-corrected chi connectivity index (χ1v) is 8.62. The predicted octanol–water partition coefficient (Wildman–Crippen LogP) is -0.895. The summed E-state index contributed by atoms with van der Waals surface area (Å²) in [7, 11) is 1.04. The van der Waals surface area contributed by atoms with Crippen LogP contribution >= 0.6 is 0 Å². The topological polar surface area (TPSA) is 55.9 Å². The first-order chi connectivity index (χ1) is 8.95. The molecule has 1 saturated heterocycles. The average molecular weight is 292 g/mol. The quantitative estimate of drug-likeness (QED) is 0.588. The number of nitrogens with zero attached hydrogens (tertiary/aromatic N) is 3. The molecule has 0 saturated carbocycles. The second-order valence-electron chi connectivity index (χ2n) is 5.21. The maximum absolute atomic E-state index is 12.1. The monoisotopic (exact) mass is 292 g/mol. The van der Waals surface area contributed by atoms with Crippen LogP contribution in [0.5, 0.6) is 0 Å². The van der Waals surface area contributed by atoms with Crippen molar-refractivity contribution >= 4 is 10.0 Å². The summed E-state index contributed by atoms with van der Waals surface area (Å²) in [4.78, 5) is 4.48. The minimum atomic E-state index is -3.08. The molecule has 0 spiro atoms. The number of hydrogen-bond donors (Lipinski definition) is 1. The van der Waals surface area contributed by atoms with Crippen LogP contribution in [0.3, 0.4) is 0 Å². The van der Waals surface area contributed by atoms with Crippen LogP contribution in [0.2, 0.25) is 0 Å². The van der Waals surface area contributed by atoms with Gasteiger partial charge in [0.15, 0.2) is 0 Å². The molecule has 0 aromatic heterocycles. The van der Waals surface area contributed by atoms with Gasteiger partial charge in [-0.05, 0) is 20.6 Å². The highest BCUT2D eigenvalue weighted by atomic mass is 32.2. The van der Waals surface area contributed by atoms with E-state index in [0.717, 1.165) is 32.7 Å². The Hall–Kier alpha value is -0.210. The molecule has 1 rings (SSSR count). The van der Waals surface area contributed by atoms with Crippen molar-refractivity contribution in [1.29, 1.82) is 0 Å². The third kappa shape index (κ3) is 6.18. The Bertz CT molecular complexity index is 338. The van der Waals surface area contributed by atoms with Gasteiger partial charge < -0.3 is 10.2 Å². The highest BCUT2D eigenvalue weighted by Crippen LogP contribution is 2.07. The maximum atomic E-state index is 12.1. The van der Waals surface area contributed by atoms with Gasteiger partial charge in [0.25, 0.3) is 0 Å². The molecule has 0 atom stereocenters. The van der Waals surface area contributed by atoms with Crippen molar-refractivity contribution in [3.05, 3.63) is 0 Å². The van der Waals surface area contributed by atoms with Gasteiger partial charge in [0, 0.05) is 45.8 Å². The summed E-state index contributed by atoms with van der Waals surface area (Å²) in [5.41, 5.74) is 0. The van der Waals surface area contributed by atoms with Crippen LogP contribution < -0.4 is 5.32 Å². The third-order valence-electron chi connectivity index (χ3n) is 3.37. The number of likely N-dealkylation sites (N-methyl/N-ethyl adjacent to an activating group) is 1. The number of nitrogens with one attached hydrogen (secondary N) is 1. The Morgan fingerprint density at radius 2 is 1.79 bits per heavy atom. The molecule has 0 aromatic carbocycles. The third-order valence-corrected chi connectivity index (χ3v) is 5.25. The van der Waals surface area contributed by atoms with Gasteiger partial charge in [0.1, 0.15) is 0 Å². The van der Waals surface area contributed by atoms with Gasteiger partial charge in [0.05, 0.1) is 5.75 Å². The summed E-state index contributed by atoms with van der Waals surface area (Å²) in [6.07, 6.45) is 0. The van der Waals surface area contributed by atoms with Crippen LogP contribution in [-0.2, 0) is 10.0 Å². The van der Waals surface area contributed by atoms with Crippen molar-refractivity contribution in [2.45, 2.75) is 6.92 Å². The molecular weight excluding hydrogens is 264 g/mol. The molecule has 19 heavy (non-hydrogen) atoms. The van der Waals surface area contributed by atoms with E-state index in [-0.39, 0.29) is 5.75 Å². The number of hydrogen-bond acceptors (Lipinski definition) is 5. The van der Waals surface area contributed by atoms with E-state index in [1.165, 1.54) is 0 Å². The SMILES string of the molecule is CCNCCS(=O)(=O)N1CCN(CCN(C)C)CC1. The summed E-state index contributed by atoms with van der Waals surface area (Å²) >= 11 is 0. The van der Waals surface area contributed by atoms with Crippen molar-refractivity contribution in [2.75, 3.05) is 72.2 Å². The summed E-state index contributed by atoms with van der Waals surface area (Å²) in [6.45, 7) is 8.31. The molecule has 7 heteroatoms. The van der Waals surface area contributed by atoms with Gasteiger partial charge in [-0.2, -0.15) is 4.31 Å². The van der Waals surface area contributed by atoms with Crippen LogP contribution in [0.25, 0.3) is 0 Å². The lowest BCUT2D eigenvalue weighted by Gasteiger charge is -2.34. The van der Waals surface area contributed by atoms with Crippen LogP contribution in [0.4, 0.5) is 0 Å². The Kier molecular flexibility index (Phi) is 7.23. The zero-order chi connectivity index (χ0) is 14.3. The Balaban J connectivity index is 2.32. The minimum Gasteiger partial charge on any atom is -0.316 e. The lowest BCUT2D eigenvalue weighted by molar-refractivity contribution is 0.174. The van der Waals surface area contributed by atoms with Crippen LogP contribution in [0.15, 0.2) is 0 Å². The van der Waals surface area contributed by atoms with E-state index in [1.807, 2.05) is 6.92 Å². The van der Waals surface area contributed by atoms with E-state index in [0.29, 0.717) is 19.6 Å². The van der Waals surface area contributed by atoms with Gasteiger partial charge >= 0.3 is 0 Å². The summed E-state index contributed by atoms with van der Waals surface area (Å²) in [5, 5.41) is 3.06. The molecule has 1 aliphatic heterocycles. The molecule has 0 amide bonds. The average Bonchev–Trinajstić information content (AvgIpc) is 2.37. The van der Waals surface area contributed by atoms with Gasteiger partial charge in [-0.3, -0.25) is 4.90 Å². The molecule has 1 heterocycles. The lowest BCUT2D eigenvalue weighted by atomic mass is 10.3. The summed E-state index contributed by atoms with van der Waals surface area (Å²) in [6, 6.07) is 0. The molecule has 0 radical (unpaired) electrons. The standard InChI is InChI=1S/C12H28N4O2S/c1-4-13-5-12-19(17,18)16-10-8-15(9-11-16)7-6-14(2)3/h13H,4-12H2,1-3H3. The zero-order valence-electron chi connectivity index (χ0n) is 12.4. The zero-order valence-corrected chi connectivity index (χ0v) is 13.2. The Labute approximate surface area is 117 Å². The molecule has 114 valence electrons. The second-order valence-corrected chi connectivity index (χ2v) is 7.30. The Morgan fingerprint density at radius 1 is 1.16 bits per heavy atom. The van der Waals surface area contributed by atoms with Crippen molar-refractivity contribution in [1.82, 2.24) is 19.4 Å². The lowest BCUT2D eigenvalue weighted by Crippen LogP contribution is -2.51. The molecule has 1 N–H and O–H groups in total. The molecular formula is C12H28N4O2S. The molecule has 0 bridgehead atoms. The van der Waals surface area contributed by atoms with Crippen LogP contribution in [0.1, 0.15) is 6.92 Å². The van der Waals surface area contributed by atoms with Gasteiger partial charge in [-0.25, -0.2) is 8.42 Å². The maximum Gasteiger partial charge on any atom is 0.215 e. The van der Waals surface area contributed by atoms with E-state index in [2.05, 4.69) is 29.2 Å². The van der Waals surface area contributed by atoms with Crippen LogP contribution in [-0.4, -0.2) is 94.7 Å². The van der Waals surface area contributed by atoms with Gasteiger partial charge in [-0.1, -0.05) is 6.92 Å². The fraction of sp³-hybridized carbons (Fsp3) is 1.00. The summed E-state index contributed by atoms with van der Waals surface area (Å²) in [5.74, 6) is 0.207. The molecule has 0 aromatic rings. The minimum absolute atomic E-state index is 0.207. The van der Waals surface area contributed by atoms with Crippen molar-refractivity contribution in [3.8, 4) is 0 Å². The first kappa shape index (κ1) is 16.8. The molecule has 1 fully saturated rings. The van der Waals surface area contributed by atoms with E-state index in [1.54, 1.807) is 4.31 Å². The van der Waals surface area contributed by atoms with E-state index in [9.17, 15) is 8.42 Å².